The van der Waals surface area contributed by atoms with E-state index in [2.05, 4.69) is 11.5 Å². The molecule has 0 saturated carbocycles. The normalized spacial score (nSPS) is 19.7. The van der Waals surface area contributed by atoms with Crippen LogP contribution in [0.4, 0.5) is 4.79 Å². The minimum absolute atomic E-state index is 0.114. The molecule has 5 rings (SSSR count). The number of methoxy groups -OCH3 is 1. The van der Waals surface area contributed by atoms with Gasteiger partial charge in [0.2, 0.25) is 0 Å². The summed E-state index contributed by atoms with van der Waals surface area (Å²) in [7, 11) is 3.22. The van der Waals surface area contributed by atoms with Gasteiger partial charge in [-0.05, 0) is 52.7 Å². The third kappa shape index (κ3) is 7.06. The molecule has 2 fully saturated rings. The standard InChI is InChI=1S/C33H42ClN7O5/c1-4-38(2)28(20-35)31(41(36)29(42)21-44-3)27-18-22-6-5-11-37-30(22)32(25-8-7-23(34)19-26(25)27)39-12-14-40(15-13-39)33(43)46-24-9-16-45-17-10-24/h4-8,11,18-20,24,31-32H,1,9-10,12-17,21,35-36H2,2-3H3/b28-20-. The summed E-state index contributed by atoms with van der Waals surface area (Å²) in [4.78, 5) is 36.9. The van der Waals surface area contributed by atoms with Crippen LogP contribution in [-0.4, -0.2) is 109 Å². The number of fused-ring (bicyclic) bond motifs is 2. The molecule has 2 aliphatic heterocycles. The molecule has 2 atom stereocenters. The van der Waals surface area contributed by atoms with Crippen molar-refractivity contribution in [3.63, 3.8) is 0 Å². The molecule has 2 aromatic rings. The van der Waals surface area contributed by atoms with E-state index in [0.29, 0.717) is 68.5 Å². The Morgan fingerprint density at radius 1 is 1.22 bits per heavy atom. The summed E-state index contributed by atoms with van der Waals surface area (Å²) >= 11 is 6.65. The highest BCUT2D eigenvalue weighted by atomic mass is 35.5. The van der Waals surface area contributed by atoms with Crippen molar-refractivity contribution < 1.29 is 23.8 Å². The fourth-order valence-corrected chi connectivity index (χ4v) is 6.43. The number of benzene rings is 1. The van der Waals surface area contributed by atoms with Crippen LogP contribution >= 0.6 is 11.6 Å². The average molecular weight is 652 g/mol. The van der Waals surface area contributed by atoms with Gasteiger partial charge in [0.15, 0.2) is 0 Å². The first-order valence-corrected chi connectivity index (χ1v) is 15.7. The molecule has 1 aromatic heterocycles. The summed E-state index contributed by atoms with van der Waals surface area (Å²) in [6.45, 7) is 7.06. The van der Waals surface area contributed by atoms with Gasteiger partial charge in [-0.25, -0.2) is 10.6 Å². The SMILES string of the molecule is C=CN(C)/C(=C\N)C(C1=Cc2cccnc2C(N2CCN(C(=O)OC3CCOCC3)CC2)c2ccc(Cl)cc21)N(N)C(=O)COC. The molecule has 2 saturated heterocycles. The van der Waals surface area contributed by atoms with Crippen molar-refractivity contribution in [1.82, 2.24) is 24.7 Å². The number of rotatable bonds is 9. The van der Waals surface area contributed by atoms with Gasteiger partial charge in [0.1, 0.15) is 18.8 Å². The Hall–Kier alpha value is -3.94. The zero-order chi connectivity index (χ0) is 32.8. The fourth-order valence-electron chi connectivity index (χ4n) is 6.26. The van der Waals surface area contributed by atoms with Gasteiger partial charge in [-0.15, -0.1) is 0 Å². The number of piperazine rings is 1. The van der Waals surface area contributed by atoms with Crippen LogP contribution in [-0.2, 0) is 19.0 Å². The highest BCUT2D eigenvalue weighted by Crippen LogP contribution is 2.43. The largest absolute Gasteiger partial charge is 0.446 e. The van der Waals surface area contributed by atoms with Crippen LogP contribution in [0, 0.1) is 0 Å². The number of ether oxygens (including phenoxy) is 3. The molecule has 13 heteroatoms. The van der Waals surface area contributed by atoms with Crippen LogP contribution in [0.15, 0.2) is 61.2 Å². The summed E-state index contributed by atoms with van der Waals surface area (Å²) in [5.41, 5.74) is 10.8. The van der Waals surface area contributed by atoms with Crippen LogP contribution < -0.4 is 11.6 Å². The first-order chi connectivity index (χ1) is 22.3. The van der Waals surface area contributed by atoms with E-state index in [0.717, 1.165) is 27.4 Å². The van der Waals surface area contributed by atoms with E-state index in [9.17, 15) is 9.59 Å². The molecule has 2 amide bonds. The zero-order valence-corrected chi connectivity index (χ0v) is 27.1. The van der Waals surface area contributed by atoms with E-state index in [1.165, 1.54) is 13.3 Å². The summed E-state index contributed by atoms with van der Waals surface area (Å²) in [5, 5.41) is 1.65. The number of halogens is 1. The Labute approximate surface area is 274 Å². The van der Waals surface area contributed by atoms with E-state index < -0.39 is 11.9 Å². The number of aromatic nitrogens is 1. The number of hydrazine groups is 1. The van der Waals surface area contributed by atoms with Crippen LogP contribution in [0.1, 0.15) is 41.3 Å². The molecule has 1 aliphatic carbocycles. The first kappa shape index (κ1) is 33.4. The third-order valence-corrected chi connectivity index (χ3v) is 8.93. The van der Waals surface area contributed by atoms with Crippen molar-refractivity contribution in [2.75, 3.05) is 60.2 Å². The van der Waals surface area contributed by atoms with Gasteiger partial charge in [0.05, 0.1) is 30.6 Å². The molecule has 3 aliphatic rings. The smallest absolute Gasteiger partial charge is 0.410 e. The second kappa shape index (κ2) is 15.1. The second-order valence-electron chi connectivity index (χ2n) is 11.5. The predicted octanol–water partition coefficient (Wildman–Crippen LogP) is 3.20. The van der Waals surface area contributed by atoms with Crippen molar-refractivity contribution in [1.29, 1.82) is 0 Å². The quantitative estimate of drug-likeness (QED) is 0.236. The number of likely N-dealkylation sites (N-methyl/N-ethyl adjacent to an activating group) is 1. The van der Waals surface area contributed by atoms with Crippen molar-refractivity contribution in [2.24, 2.45) is 11.6 Å². The lowest BCUT2D eigenvalue weighted by molar-refractivity contribution is -0.136. The van der Waals surface area contributed by atoms with Gasteiger partial charge in [0.25, 0.3) is 5.91 Å². The predicted molar refractivity (Wildman–Crippen MR) is 176 cm³/mol. The number of carbonyl (C=O) groups excluding carboxylic acids is 2. The van der Waals surface area contributed by atoms with Gasteiger partial charge in [-0.1, -0.05) is 30.3 Å². The minimum Gasteiger partial charge on any atom is -0.446 e. The van der Waals surface area contributed by atoms with E-state index in [1.54, 1.807) is 29.2 Å². The first-order valence-electron chi connectivity index (χ1n) is 15.3. The average Bonchev–Trinajstić information content (AvgIpc) is 3.21. The fraction of sp³-hybridized carbons (Fsp3) is 0.424. The zero-order valence-electron chi connectivity index (χ0n) is 26.3. The minimum atomic E-state index is -0.837. The van der Waals surface area contributed by atoms with Crippen LogP contribution in [0.25, 0.3) is 11.6 Å². The Morgan fingerprint density at radius 3 is 2.63 bits per heavy atom. The van der Waals surface area contributed by atoms with E-state index in [4.69, 9.17) is 42.4 Å². The molecule has 12 nitrogen and oxygen atoms in total. The number of hydrogen-bond donors (Lipinski definition) is 2. The maximum atomic E-state index is 13.2. The molecule has 0 spiro atoms. The molecule has 4 N–H and O–H groups in total. The summed E-state index contributed by atoms with van der Waals surface area (Å²) < 4.78 is 16.3. The highest BCUT2D eigenvalue weighted by molar-refractivity contribution is 6.30. The topological polar surface area (TPSA) is 140 Å². The van der Waals surface area contributed by atoms with Gasteiger partial charge >= 0.3 is 6.09 Å². The molecule has 2 unspecified atom stereocenters. The third-order valence-electron chi connectivity index (χ3n) is 8.70. The van der Waals surface area contributed by atoms with Gasteiger partial charge < -0.3 is 29.7 Å². The number of carbonyl (C=O) groups is 2. The molecule has 3 heterocycles. The maximum absolute atomic E-state index is 13.2. The Kier molecular flexibility index (Phi) is 11.0. The van der Waals surface area contributed by atoms with Crippen LogP contribution in [0.3, 0.4) is 0 Å². The maximum Gasteiger partial charge on any atom is 0.410 e. The van der Waals surface area contributed by atoms with Gasteiger partial charge in [-0.2, -0.15) is 0 Å². The van der Waals surface area contributed by atoms with E-state index in [-0.39, 0.29) is 24.8 Å². The lowest BCUT2D eigenvalue weighted by Crippen LogP contribution is -2.51. The van der Waals surface area contributed by atoms with Crippen LogP contribution in [0.5, 0.6) is 0 Å². The van der Waals surface area contributed by atoms with Gasteiger partial charge in [0, 0.05) is 70.6 Å². The summed E-state index contributed by atoms with van der Waals surface area (Å²) in [6.07, 6.45) is 7.80. The number of nitrogens with two attached hydrogens (primary N) is 2. The molecule has 0 bridgehead atoms. The van der Waals surface area contributed by atoms with Crippen molar-refractivity contribution in [2.45, 2.75) is 31.0 Å². The highest BCUT2D eigenvalue weighted by Gasteiger charge is 2.38. The Morgan fingerprint density at radius 2 is 1.96 bits per heavy atom. The second-order valence-corrected chi connectivity index (χ2v) is 11.9. The lowest BCUT2D eigenvalue weighted by Gasteiger charge is -2.40. The molecular weight excluding hydrogens is 610 g/mol. The van der Waals surface area contributed by atoms with E-state index >= 15 is 0 Å². The molecule has 246 valence electrons. The van der Waals surface area contributed by atoms with Crippen molar-refractivity contribution in [3.05, 3.63) is 88.6 Å². The Balaban J connectivity index is 1.54. The number of amides is 2. The lowest BCUT2D eigenvalue weighted by atomic mass is 9.89. The van der Waals surface area contributed by atoms with Gasteiger partial charge in [-0.3, -0.25) is 19.7 Å². The molecule has 46 heavy (non-hydrogen) atoms. The van der Waals surface area contributed by atoms with E-state index in [1.807, 2.05) is 36.4 Å². The Bertz CT molecular complexity index is 1490. The number of nitrogens with zero attached hydrogens (tertiary/aromatic N) is 5. The molecule has 0 radical (unpaired) electrons. The molecule has 1 aromatic carbocycles. The summed E-state index contributed by atoms with van der Waals surface area (Å²) in [6, 6.07) is 8.46. The summed E-state index contributed by atoms with van der Waals surface area (Å²) in [5.74, 6) is 6.15. The monoisotopic (exact) mass is 651 g/mol. The number of hydrogen-bond acceptors (Lipinski definition) is 10. The van der Waals surface area contributed by atoms with Crippen molar-refractivity contribution >= 4 is 35.3 Å². The molecular formula is C33H42ClN7O5. The van der Waals surface area contributed by atoms with Crippen LogP contribution in [0.2, 0.25) is 5.02 Å². The number of pyridine rings is 1. The van der Waals surface area contributed by atoms with Crippen molar-refractivity contribution in [3.8, 4) is 0 Å².